The number of rotatable bonds is 4. The fraction of sp³-hybridized carbons (Fsp3) is 0.533. The summed E-state index contributed by atoms with van der Waals surface area (Å²) < 4.78 is 26.3. The van der Waals surface area contributed by atoms with Gasteiger partial charge in [0.2, 0.25) is 10.0 Å². The number of piperidine rings is 1. The Morgan fingerprint density at radius 2 is 2.00 bits per heavy atom. The molecular weight excluding hydrogens is 318 g/mol. The van der Waals surface area contributed by atoms with Crippen LogP contribution in [0.15, 0.2) is 29.2 Å². The summed E-state index contributed by atoms with van der Waals surface area (Å²) in [7, 11) is -3.41. The maximum absolute atomic E-state index is 11.9. The van der Waals surface area contributed by atoms with Crippen molar-refractivity contribution in [1.82, 2.24) is 9.62 Å². The number of anilines is 1. The highest BCUT2D eigenvalue weighted by atomic mass is 32.2. The van der Waals surface area contributed by atoms with Crippen LogP contribution in [0.4, 0.5) is 5.69 Å². The van der Waals surface area contributed by atoms with Gasteiger partial charge in [-0.2, -0.15) is 0 Å². The van der Waals surface area contributed by atoms with Crippen LogP contribution in [0.3, 0.4) is 0 Å². The number of sulfonamides is 1. The lowest BCUT2D eigenvalue weighted by molar-refractivity contribution is 0.262. The Hall–Kier alpha value is -1.18. The fourth-order valence-corrected chi connectivity index (χ4v) is 4.02. The molecule has 0 amide bonds. The highest BCUT2D eigenvalue weighted by molar-refractivity contribution is 7.89. The van der Waals surface area contributed by atoms with E-state index in [4.69, 9.17) is 12.2 Å². The smallest absolute Gasteiger partial charge is 0.240 e. The van der Waals surface area contributed by atoms with Crippen molar-refractivity contribution in [3.05, 3.63) is 24.3 Å². The Kier molecular flexibility index (Phi) is 5.77. The Labute approximate surface area is 138 Å². The van der Waals surface area contributed by atoms with E-state index in [1.807, 2.05) is 0 Å². The van der Waals surface area contributed by atoms with Gasteiger partial charge in [-0.1, -0.05) is 6.92 Å². The van der Waals surface area contributed by atoms with Crippen LogP contribution in [-0.2, 0) is 10.0 Å². The minimum Gasteiger partial charge on any atom is -0.346 e. The van der Waals surface area contributed by atoms with E-state index in [-0.39, 0.29) is 4.90 Å². The molecule has 0 spiro atoms. The van der Waals surface area contributed by atoms with E-state index in [1.165, 1.54) is 6.42 Å². The van der Waals surface area contributed by atoms with E-state index >= 15 is 0 Å². The largest absolute Gasteiger partial charge is 0.346 e. The predicted octanol–water partition coefficient (Wildman–Crippen LogP) is 2.56. The maximum Gasteiger partial charge on any atom is 0.240 e. The van der Waals surface area contributed by atoms with Crippen molar-refractivity contribution in [2.45, 2.75) is 44.0 Å². The number of benzene rings is 1. The van der Waals surface area contributed by atoms with Crippen LogP contribution in [0.25, 0.3) is 0 Å². The van der Waals surface area contributed by atoms with Crippen LogP contribution in [0.2, 0.25) is 0 Å². The molecule has 5 nitrogen and oxygen atoms in total. The van der Waals surface area contributed by atoms with Gasteiger partial charge in [0.05, 0.1) is 4.90 Å². The summed E-state index contributed by atoms with van der Waals surface area (Å²) in [6, 6.07) is 7.10. The third-order valence-electron chi connectivity index (χ3n) is 3.81. The lowest BCUT2D eigenvalue weighted by atomic mass is 10.0. The predicted molar refractivity (Wildman–Crippen MR) is 93.5 cm³/mol. The number of thiocarbonyl (C=S) groups is 1. The second-order valence-corrected chi connectivity index (χ2v) is 7.65. The molecule has 2 rings (SSSR count). The molecule has 1 aliphatic rings. The lowest BCUT2D eigenvalue weighted by Crippen LogP contribution is -2.44. The number of hydrogen-bond acceptors (Lipinski definition) is 3. The molecule has 0 aromatic heterocycles. The molecule has 1 fully saturated rings. The van der Waals surface area contributed by atoms with Crippen molar-refractivity contribution in [3.63, 3.8) is 0 Å². The third kappa shape index (κ3) is 4.18. The second-order valence-electron chi connectivity index (χ2n) is 5.49. The normalized spacial score (nSPS) is 19.0. The summed E-state index contributed by atoms with van der Waals surface area (Å²) in [6.07, 6.45) is 3.56. The standard InChI is InChI=1S/C15H23N3O2S2/c1-3-16-22(19,20)14-9-7-13(8-10-14)17-15(21)18-11-5-4-6-12(18)2/h7-10,12,16H,3-6,11H2,1-2H3,(H,17,21). The first-order valence-corrected chi connectivity index (χ1v) is 9.50. The molecule has 1 aliphatic heterocycles. The molecule has 0 saturated carbocycles. The van der Waals surface area contributed by atoms with Gasteiger partial charge < -0.3 is 10.2 Å². The average Bonchev–Trinajstić information content (AvgIpc) is 2.48. The fourth-order valence-electron chi connectivity index (χ4n) is 2.59. The molecule has 0 bridgehead atoms. The summed E-state index contributed by atoms with van der Waals surface area (Å²) in [5, 5.41) is 3.90. The van der Waals surface area contributed by atoms with E-state index in [1.54, 1.807) is 31.2 Å². The van der Waals surface area contributed by atoms with Crippen LogP contribution < -0.4 is 10.0 Å². The molecule has 2 N–H and O–H groups in total. The summed E-state index contributed by atoms with van der Waals surface area (Å²) in [4.78, 5) is 2.46. The first-order chi connectivity index (χ1) is 10.4. The van der Waals surface area contributed by atoms with Gasteiger partial charge in [-0.05, 0) is 62.7 Å². The number of likely N-dealkylation sites (tertiary alicyclic amines) is 1. The van der Waals surface area contributed by atoms with Gasteiger partial charge in [0.15, 0.2) is 5.11 Å². The number of hydrogen-bond donors (Lipinski definition) is 2. The summed E-state index contributed by atoms with van der Waals surface area (Å²) in [5.74, 6) is 0. The molecule has 22 heavy (non-hydrogen) atoms. The number of nitrogens with zero attached hydrogens (tertiary/aromatic N) is 1. The topological polar surface area (TPSA) is 61.4 Å². The average molecular weight is 342 g/mol. The van der Waals surface area contributed by atoms with Crippen LogP contribution in [0.1, 0.15) is 33.1 Å². The van der Waals surface area contributed by atoms with Gasteiger partial charge in [0.1, 0.15) is 0 Å². The lowest BCUT2D eigenvalue weighted by Gasteiger charge is -2.35. The summed E-state index contributed by atoms with van der Waals surface area (Å²) in [5.41, 5.74) is 0.804. The molecule has 122 valence electrons. The molecular formula is C15H23N3O2S2. The first-order valence-electron chi connectivity index (χ1n) is 7.61. The Balaban J connectivity index is 2.03. The van der Waals surface area contributed by atoms with Crippen molar-refractivity contribution < 1.29 is 8.42 Å². The summed E-state index contributed by atoms with van der Waals surface area (Å²) in [6.45, 7) is 5.28. The van der Waals surface area contributed by atoms with Crippen molar-refractivity contribution in [2.75, 3.05) is 18.4 Å². The van der Waals surface area contributed by atoms with Gasteiger partial charge >= 0.3 is 0 Å². The van der Waals surface area contributed by atoms with Gasteiger partial charge in [-0.15, -0.1) is 0 Å². The maximum atomic E-state index is 11.9. The van der Waals surface area contributed by atoms with Crippen LogP contribution >= 0.6 is 12.2 Å². The monoisotopic (exact) mass is 341 g/mol. The van der Waals surface area contributed by atoms with Crippen molar-refractivity contribution in [1.29, 1.82) is 0 Å². The van der Waals surface area contributed by atoms with Crippen molar-refractivity contribution in [2.24, 2.45) is 0 Å². The molecule has 1 heterocycles. The van der Waals surface area contributed by atoms with E-state index < -0.39 is 10.0 Å². The Morgan fingerprint density at radius 1 is 1.32 bits per heavy atom. The van der Waals surface area contributed by atoms with Crippen LogP contribution in [0.5, 0.6) is 0 Å². The van der Waals surface area contributed by atoms with Crippen molar-refractivity contribution in [3.8, 4) is 0 Å². The molecule has 1 aromatic carbocycles. The third-order valence-corrected chi connectivity index (χ3v) is 5.71. The van der Waals surface area contributed by atoms with Gasteiger partial charge in [-0.25, -0.2) is 13.1 Å². The van der Waals surface area contributed by atoms with Crippen molar-refractivity contribution >= 4 is 33.0 Å². The SMILES string of the molecule is CCNS(=O)(=O)c1ccc(NC(=S)N2CCCCC2C)cc1. The van der Waals surface area contributed by atoms with Gasteiger partial charge in [0, 0.05) is 24.8 Å². The molecule has 0 radical (unpaired) electrons. The highest BCUT2D eigenvalue weighted by Gasteiger charge is 2.20. The van der Waals surface area contributed by atoms with Crippen LogP contribution in [-0.4, -0.2) is 37.6 Å². The molecule has 1 saturated heterocycles. The first kappa shape index (κ1) is 17.2. The molecule has 7 heteroatoms. The molecule has 1 unspecified atom stereocenters. The van der Waals surface area contributed by atoms with E-state index in [2.05, 4.69) is 21.9 Å². The quantitative estimate of drug-likeness (QED) is 0.824. The zero-order valence-corrected chi connectivity index (χ0v) is 14.6. The van der Waals surface area contributed by atoms with E-state index in [0.717, 1.165) is 25.1 Å². The highest BCUT2D eigenvalue weighted by Crippen LogP contribution is 2.19. The molecule has 0 aliphatic carbocycles. The Morgan fingerprint density at radius 3 is 2.59 bits per heavy atom. The zero-order valence-electron chi connectivity index (χ0n) is 13.0. The minimum atomic E-state index is -3.41. The number of nitrogens with one attached hydrogen (secondary N) is 2. The molecule has 1 aromatic rings. The zero-order chi connectivity index (χ0) is 16.2. The molecule has 1 atom stereocenters. The summed E-state index contributed by atoms with van der Waals surface area (Å²) >= 11 is 5.47. The Bertz CT molecular complexity index is 614. The van der Waals surface area contributed by atoms with E-state index in [9.17, 15) is 8.42 Å². The van der Waals surface area contributed by atoms with E-state index in [0.29, 0.717) is 17.7 Å². The second kappa shape index (κ2) is 7.39. The van der Waals surface area contributed by atoms with Gasteiger partial charge in [-0.3, -0.25) is 0 Å². The van der Waals surface area contributed by atoms with Crippen LogP contribution in [0, 0.1) is 0 Å². The minimum absolute atomic E-state index is 0.261. The van der Waals surface area contributed by atoms with Gasteiger partial charge in [0.25, 0.3) is 0 Å².